The fourth-order valence-electron chi connectivity index (χ4n) is 3.59. The van der Waals surface area contributed by atoms with Gasteiger partial charge in [0, 0.05) is 11.8 Å². The van der Waals surface area contributed by atoms with Gasteiger partial charge in [-0.05, 0) is 80.3 Å². The van der Waals surface area contributed by atoms with Gasteiger partial charge in [0.15, 0.2) is 6.61 Å². The van der Waals surface area contributed by atoms with Crippen LogP contribution in [-0.2, 0) is 4.79 Å². The summed E-state index contributed by atoms with van der Waals surface area (Å²) < 4.78 is 17.0. The maximum absolute atomic E-state index is 12.9. The van der Waals surface area contributed by atoms with Gasteiger partial charge in [-0.25, -0.2) is 0 Å². The molecule has 0 fully saturated rings. The van der Waals surface area contributed by atoms with Crippen LogP contribution in [0.2, 0.25) is 0 Å². The molecule has 0 atom stereocenters. The van der Waals surface area contributed by atoms with Crippen molar-refractivity contribution in [3.05, 3.63) is 93.3 Å². The summed E-state index contributed by atoms with van der Waals surface area (Å²) in [5, 5.41) is 3.22. The topological polar surface area (TPSA) is 77.8 Å². The Morgan fingerprint density at radius 3 is 2.45 bits per heavy atom. The van der Waals surface area contributed by atoms with Crippen LogP contribution in [-0.4, -0.2) is 12.5 Å². The number of benzene rings is 3. The highest BCUT2D eigenvalue weighted by molar-refractivity contribution is 5.92. The van der Waals surface area contributed by atoms with E-state index in [1.54, 1.807) is 18.2 Å². The minimum Gasteiger partial charge on any atom is -0.484 e. The van der Waals surface area contributed by atoms with Crippen LogP contribution in [0.5, 0.6) is 17.2 Å². The second-order valence-electron chi connectivity index (χ2n) is 8.10. The fourth-order valence-corrected chi connectivity index (χ4v) is 3.59. The number of carbonyl (C=O) groups excluding carboxylic acids is 1. The number of nitrogens with one attached hydrogen (secondary N) is 1. The van der Waals surface area contributed by atoms with Crippen molar-refractivity contribution in [1.29, 1.82) is 0 Å². The van der Waals surface area contributed by atoms with Crippen LogP contribution in [0.1, 0.15) is 22.3 Å². The normalized spacial score (nSPS) is 10.8. The summed E-state index contributed by atoms with van der Waals surface area (Å²) in [5.41, 5.74) is 5.01. The van der Waals surface area contributed by atoms with Crippen molar-refractivity contribution in [2.75, 3.05) is 11.9 Å². The molecule has 0 unspecified atom stereocenters. The summed E-state index contributed by atoms with van der Waals surface area (Å²) >= 11 is 0. The highest BCUT2D eigenvalue weighted by Gasteiger charge is 2.12. The molecule has 1 heterocycles. The van der Waals surface area contributed by atoms with Crippen molar-refractivity contribution < 1.29 is 18.7 Å². The number of aryl methyl sites for hydroxylation is 3. The van der Waals surface area contributed by atoms with Gasteiger partial charge >= 0.3 is 0 Å². The maximum atomic E-state index is 12.9. The Bertz CT molecular complexity index is 1380. The van der Waals surface area contributed by atoms with Crippen LogP contribution < -0.4 is 20.2 Å². The highest BCUT2D eigenvalue weighted by atomic mass is 16.5. The van der Waals surface area contributed by atoms with Gasteiger partial charge in [-0.1, -0.05) is 18.2 Å². The van der Waals surface area contributed by atoms with E-state index in [4.69, 9.17) is 13.9 Å². The third-order valence-corrected chi connectivity index (χ3v) is 5.39. The van der Waals surface area contributed by atoms with Gasteiger partial charge in [-0.2, -0.15) is 0 Å². The van der Waals surface area contributed by atoms with Crippen LogP contribution in [0, 0.1) is 27.7 Å². The first-order valence-corrected chi connectivity index (χ1v) is 10.6. The Morgan fingerprint density at radius 2 is 1.70 bits per heavy atom. The molecular weight excluding hydrogens is 418 g/mol. The summed E-state index contributed by atoms with van der Waals surface area (Å²) in [6.07, 6.45) is 1.29. The van der Waals surface area contributed by atoms with Crippen molar-refractivity contribution >= 4 is 22.6 Å². The molecular formula is C27H25NO5. The predicted molar refractivity (Wildman–Crippen MR) is 129 cm³/mol. The molecule has 4 aromatic rings. The molecule has 0 spiro atoms. The van der Waals surface area contributed by atoms with Crippen molar-refractivity contribution in [3.63, 3.8) is 0 Å². The van der Waals surface area contributed by atoms with E-state index < -0.39 is 0 Å². The first-order chi connectivity index (χ1) is 15.8. The van der Waals surface area contributed by atoms with Gasteiger partial charge in [0.1, 0.15) is 23.3 Å². The summed E-state index contributed by atoms with van der Waals surface area (Å²) in [6.45, 7) is 7.70. The van der Waals surface area contributed by atoms with E-state index >= 15 is 0 Å². The van der Waals surface area contributed by atoms with E-state index in [2.05, 4.69) is 5.32 Å². The lowest BCUT2D eigenvalue weighted by atomic mass is 10.1. The molecule has 3 aromatic carbocycles. The monoisotopic (exact) mass is 443 g/mol. The fraction of sp³-hybridized carbons (Fsp3) is 0.185. The maximum Gasteiger partial charge on any atom is 0.262 e. The zero-order chi connectivity index (χ0) is 23.5. The predicted octanol–water partition coefficient (Wildman–Crippen LogP) is 5.84. The first-order valence-electron chi connectivity index (χ1n) is 10.6. The second kappa shape index (κ2) is 9.20. The van der Waals surface area contributed by atoms with Gasteiger partial charge in [-0.15, -0.1) is 0 Å². The summed E-state index contributed by atoms with van der Waals surface area (Å²) in [6, 6.07) is 16.3. The van der Waals surface area contributed by atoms with E-state index in [-0.39, 0.29) is 23.7 Å². The Labute approximate surface area is 191 Å². The molecule has 168 valence electrons. The molecule has 6 heteroatoms. The molecule has 33 heavy (non-hydrogen) atoms. The Balaban J connectivity index is 1.47. The number of hydrogen-bond acceptors (Lipinski definition) is 5. The molecule has 0 radical (unpaired) electrons. The minimum atomic E-state index is -0.283. The van der Waals surface area contributed by atoms with Crippen LogP contribution in [0.3, 0.4) is 0 Å². The number of carbonyl (C=O) groups is 1. The van der Waals surface area contributed by atoms with Crippen molar-refractivity contribution in [2.45, 2.75) is 27.7 Å². The summed E-state index contributed by atoms with van der Waals surface area (Å²) in [5.74, 6) is 0.829. The Morgan fingerprint density at radius 1 is 0.939 bits per heavy atom. The number of fused-ring (bicyclic) bond motifs is 1. The van der Waals surface area contributed by atoms with Gasteiger partial charge in [0.2, 0.25) is 11.2 Å². The molecule has 6 nitrogen and oxygen atoms in total. The molecule has 1 amide bonds. The van der Waals surface area contributed by atoms with E-state index in [1.165, 1.54) is 6.26 Å². The lowest BCUT2D eigenvalue weighted by Crippen LogP contribution is -2.20. The summed E-state index contributed by atoms with van der Waals surface area (Å²) in [4.78, 5) is 25.2. The number of hydrogen-bond donors (Lipinski definition) is 1. The standard InChI is InChI=1S/C27H25NO5/c1-16-10-17(2)12-21(11-16)33-25-14-32-24-13-20(8-9-22(24)27(25)30)31-15-26(29)28-23-7-5-6-18(3)19(23)4/h5-14H,15H2,1-4H3,(H,28,29). The number of rotatable bonds is 6. The lowest BCUT2D eigenvalue weighted by Gasteiger charge is -2.11. The lowest BCUT2D eigenvalue weighted by molar-refractivity contribution is -0.118. The van der Waals surface area contributed by atoms with Gasteiger partial charge < -0.3 is 19.2 Å². The van der Waals surface area contributed by atoms with Crippen LogP contribution >= 0.6 is 0 Å². The number of anilines is 1. The Hall–Kier alpha value is -4.06. The third kappa shape index (κ3) is 5.06. The molecule has 1 N–H and O–H groups in total. The molecule has 0 saturated carbocycles. The molecule has 0 aliphatic carbocycles. The average Bonchev–Trinajstić information content (AvgIpc) is 2.77. The SMILES string of the molecule is Cc1cc(C)cc(Oc2coc3cc(OCC(=O)Nc4cccc(C)c4C)ccc3c2=O)c1. The molecule has 0 bridgehead atoms. The number of ether oxygens (including phenoxy) is 2. The minimum absolute atomic E-state index is 0.106. The molecule has 0 saturated heterocycles. The van der Waals surface area contributed by atoms with E-state index in [1.807, 2.05) is 64.1 Å². The first kappa shape index (κ1) is 22.1. The Kier molecular flexibility index (Phi) is 6.18. The van der Waals surface area contributed by atoms with Crippen molar-refractivity contribution in [3.8, 4) is 17.2 Å². The van der Waals surface area contributed by atoms with E-state index in [9.17, 15) is 9.59 Å². The number of amides is 1. The van der Waals surface area contributed by atoms with Gasteiger partial charge in [0.05, 0.1) is 5.39 Å². The van der Waals surface area contributed by atoms with Crippen LogP contribution in [0.4, 0.5) is 5.69 Å². The van der Waals surface area contributed by atoms with E-state index in [0.29, 0.717) is 22.5 Å². The van der Waals surface area contributed by atoms with Crippen LogP contribution in [0.15, 0.2) is 70.1 Å². The zero-order valence-corrected chi connectivity index (χ0v) is 19.0. The molecule has 1 aromatic heterocycles. The smallest absolute Gasteiger partial charge is 0.262 e. The molecule has 0 aliphatic heterocycles. The highest BCUT2D eigenvalue weighted by Crippen LogP contribution is 2.25. The zero-order valence-electron chi connectivity index (χ0n) is 19.0. The molecule has 4 rings (SSSR count). The largest absolute Gasteiger partial charge is 0.484 e. The van der Waals surface area contributed by atoms with Gasteiger partial charge in [0.25, 0.3) is 5.91 Å². The van der Waals surface area contributed by atoms with E-state index in [0.717, 1.165) is 27.9 Å². The quantitative estimate of drug-likeness (QED) is 0.405. The average molecular weight is 443 g/mol. The van der Waals surface area contributed by atoms with Crippen molar-refractivity contribution in [2.24, 2.45) is 0 Å². The van der Waals surface area contributed by atoms with Crippen LogP contribution in [0.25, 0.3) is 11.0 Å². The van der Waals surface area contributed by atoms with Crippen molar-refractivity contribution in [1.82, 2.24) is 0 Å². The third-order valence-electron chi connectivity index (χ3n) is 5.39. The van der Waals surface area contributed by atoms with Gasteiger partial charge in [-0.3, -0.25) is 9.59 Å². The summed E-state index contributed by atoms with van der Waals surface area (Å²) in [7, 11) is 0. The molecule has 0 aliphatic rings. The second-order valence-corrected chi connectivity index (χ2v) is 8.10.